The van der Waals surface area contributed by atoms with Gasteiger partial charge in [0.15, 0.2) is 5.78 Å². The topological polar surface area (TPSA) is 363 Å². The van der Waals surface area contributed by atoms with Gasteiger partial charge in [0.1, 0.15) is 18.1 Å². The summed E-state index contributed by atoms with van der Waals surface area (Å²) in [5, 5.41) is 50.4. The van der Waals surface area contributed by atoms with Gasteiger partial charge in [0.05, 0.1) is 18.9 Å². The van der Waals surface area contributed by atoms with Crippen molar-refractivity contribution in [3.8, 4) is 5.75 Å². The molecule has 9 aromatic carbocycles. The van der Waals surface area contributed by atoms with E-state index in [1.165, 1.54) is 36.0 Å². The van der Waals surface area contributed by atoms with Crippen molar-refractivity contribution in [2.24, 2.45) is 30.2 Å². The molecule has 0 atom stereocenters. The number of nitrogens with one attached hydrogen (secondary N) is 4. The van der Waals surface area contributed by atoms with E-state index in [1.807, 2.05) is 107 Å². The predicted octanol–water partition coefficient (Wildman–Crippen LogP) is 13.4. The second kappa shape index (κ2) is 41.6. The molecule has 666 valence electrons. The third-order valence-electron chi connectivity index (χ3n) is 26.0. The molecule has 9 amide bonds. The zero-order valence-electron chi connectivity index (χ0n) is 72.8. The number of nitrogens with zero attached hydrogens (tertiary/aromatic N) is 7. The van der Waals surface area contributed by atoms with Gasteiger partial charge in [-0.15, -0.1) is 0 Å². The van der Waals surface area contributed by atoms with E-state index in [0.717, 1.165) is 174 Å². The highest BCUT2D eigenvalue weighted by molar-refractivity contribution is 6.07. The minimum Gasteiger partial charge on any atom is -0.497 e. The number of aliphatic hydroxyl groups is 1. The normalized spacial score (nSPS) is 18.1. The van der Waals surface area contributed by atoms with Gasteiger partial charge in [-0.1, -0.05) is 102 Å². The molecule has 19 rings (SSSR count). The largest absolute Gasteiger partial charge is 0.497 e. The number of aryl methyl sites for hydroxylation is 8. The first-order valence-electron chi connectivity index (χ1n) is 44.0. The van der Waals surface area contributed by atoms with Crippen LogP contribution >= 0.6 is 0 Å². The summed E-state index contributed by atoms with van der Waals surface area (Å²) in [6.45, 7) is 9.86. The van der Waals surface area contributed by atoms with E-state index in [-0.39, 0.29) is 34.8 Å². The van der Waals surface area contributed by atoms with Crippen molar-refractivity contribution in [2.75, 3.05) is 46.4 Å². The van der Waals surface area contributed by atoms with Crippen LogP contribution in [0.3, 0.4) is 0 Å². The highest BCUT2D eigenvalue weighted by Crippen LogP contribution is 2.61. The molecule has 6 heterocycles. The van der Waals surface area contributed by atoms with Gasteiger partial charge in [0.25, 0.3) is 41.4 Å². The molecule has 0 spiro atoms. The highest BCUT2D eigenvalue weighted by Gasteiger charge is 2.56. The maximum atomic E-state index is 13.7. The Kier molecular flexibility index (Phi) is 29.6. The number of hydrogen-bond acceptors (Lipinski definition) is 17. The van der Waals surface area contributed by atoms with E-state index < -0.39 is 30.2 Å². The Morgan fingerprint density at radius 2 is 0.797 bits per heavy atom. The zero-order chi connectivity index (χ0) is 90.3. The molecule has 4 aliphatic carbocycles. The average Bonchev–Trinajstić information content (AvgIpc) is 0.830. The molecular weight excluding hydrogens is 1620 g/mol. The van der Waals surface area contributed by atoms with Crippen LogP contribution in [0.15, 0.2) is 188 Å². The molecule has 0 radical (unpaired) electrons. The molecule has 4 saturated carbocycles. The lowest BCUT2D eigenvalue weighted by molar-refractivity contribution is -0.158. The summed E-state index contributed by atoms with van der Waals surface area (Å²) in [6.07, 6.45) is 17.9. The van der Waals surface area contributed by atoms with E-state index in [2.05, 4.69) is 28.2 Å². The fourth-order valence-electron chi connectivity index (χ4n) is 20.1. The predicted molar refractivity (Wildman–Crippen MR) is 478 cm³/mol. The van der Waals surface area contributed by atoms with Crippen molar-refractivity contribution in [3.05, 3.63) is 305 Å². The van der Waals surface area contributed by atoms with E-state index in [1.54, 1.807) is 137 Å². The van der Waals surface area contributed by atoms with Gasteiger partial charge in [-0.3, -0.25) is 73.5 Å². The van der Waals surface area contributed by atoms with Crippen molar-refractivity contribution in [3.63, 3.8) is 0 Å². The van der Waals surface area contributed by atoms with Crippen molar-refractivity contribution in [1.29, 1.82) is 0 Å². The van der Waals surface area contributed by atoms with Crippen LogP contribution in [0.1, 0.15) is 226 Å². The van der Waals surface area contributed by atoms with Crippen LogP contribution in [-0.4, -0.2) is 166 Å². The molecule has 128 heavy (non-hydrogen) atoms. The number of Topliss-reactive ketones (excluding diaryl/α,β-unsaturated/α-hetero) is 1. The summed E-state index contributed by atoms with van der Waals surface area (Å²) >= 11 is 0. The van der Waals surface area contributed by atoms with Crippen LogP contribution in [0.25, 0.3) is 10.8 Å². The van der Waals surface area contributed by atoms with Crippen molar-refractivity contribution in [1.82, 2.24) is 56.2 Å². The Morgan fingerprint density at radius 3 is 1.23 bits per heavy atom. The molecule has 9 N–H and O–H groups in total. The summed E-state index contributed by atoms with van der Waals surface area (Å²) in [6, 6.07) is 55.7. The molecule has 9 aliphatic rings. The van der Waals surface area contributed by atoms with Crippen LogP contribution in [-0.2, 0) is 87.9 Å². The third-order valence-corrected chi connectivity index (χ3v) is 26.0. The second-order valence-electron chi connectivity index (χ2n) is 35.0. The number of benzene rings is 9. The van der Waals surface area contributed by atoms with Gasteiger partial charge in [-0.05, 0) is 297 Å². The highest BCUT2D eigenvalue weighted by atomic mass is 16.5. The second-order valence-corrected chi connectivity index (χ2v) is 35.0. The quantitative estimate of drug-likeness (QED) is 0.0294. The number of hydroxylamine groups is 4. The van der Waals surface area contributed by atoms with Crippen LogP contribution in [0, 0.1) is 37.0 Å². The number of rotatable bonds is 13. The van der Waals surface area contributed by atoms with Gasteiger partial charge in [0.2, 0.25) is 11.8 Å². The van der Waals surface area contributed by atoms with E-state index in [0.29, 0.717) is 122 Å². The van der Waals surface area contributed by atoms with Crippen molar-refractivity contribution < 1.29 is 78.6 Å². The minimum atomic E-state index is -0.529. The molecule has 0 saturated heterocycles. The number of carbonyl (C=O) groups is 10. The molecule has 10 aromatic rings. The van der Waals surface area contributed by atoms with E-state index >= 15 is 0 Å². The Morgan fingerprint density at radius 1 is 0.414 bits per heavy atom. The Balaban J connectivity index is 0.000000130. The number of methoxy groups -OCH3 is 1. The number of ether oxygens (including phenoxy) is 1. The molecule has 4 bridgehead atoms. The SMILES string of the molecule is COc1ccc(C(=O)N2CCCc3cc(C(=O)NO)ccc3C2)cc1.Cc1cc(C)cc(CC(=O)N2CCCc3cc(C(=O)NO)ccc3C2)c1.Cn1ccc(C(=O)N2CCCc3cc(C(=O)NO)ccc3C2)n1.O=C(CO)c1ccc2c(c1)CCCN(C(=O)C13CC4CC(CC(C4)C1)C3)C2.O=C(NO)c1ccc2c(c1)CCCN(C(=O)c1cccc3ccccc13)C2. The summed E-state index contributed by atoms with van der Waals surface area (Å²) in [5.41, 5.74) is 24.6. The molecule has 0 unspecified atom stereocenters. The lowest BCUT2D eigenvalue weighted by Gasteiger charge is -2.56. The van der Waals surface area contributed by atoms with Gasteiger partial charge >= 0.3 is 0 Å². The average molecular weight is 1740 g/mol. The maximum Gasteiger partial charge on any atom is 0.274 e. The van der Waals surface area contributed by atoms with E-state index in [9.17, 15) is 47.9 Å². The molecule has 27 nitrogen and oxygen atoms in total. The first kappa shape index (κ1) is 91.2. The molecule has 4 fully saturated rings. The number of ketones is 1. The fraction of sp³-hybridized carbons (Fsp3) is 0.356. The Bertz CT molecular complexity index is 5760. The number of aromatic nitrogens is 2. The molecule has 5 aliphatic heterocycles. The first-order valence-corrected chi connectivity index (χ1v) is 44.0. The number of amides is 9. The minimum absolute atomic E-state index is 0.0207. The number of hydrogen-bond donors (Lipinski definition) is 9. The monoisotopic (exact) mass is 1730 g/mol. The molecule has 27 heteroatoms. The number of aliphatic hydroxyl groups excluding tert-OH is 1. The van der Waals surface area contributed by atoms with Crippen molar-refractivity contribution in [2.45, 2.75) is 156 Å². The lowest BCUT2D eigenvalue weighted by Crippen LogP contribution is -2.54. The number of carbonyl (C=O) groups excluding carboxylic acids is 10. The van der Waals surface area contributed by atoms with Crippen LogP contribution < -0.4 is 26.7 Å². The molecule has 1 aromatic heterocycles. The lowest BCUT2D eigenvalue weighted by atomic mass is 9.49. The third kappa shape index (κ3) is 21.8. The summed E-state index contributed by atoms with van der Waals surface area (Å²) < 4.78 is 6.74. The van der Waals surface area contributed by atoms with Crippen molar-refractivity contribution >= 4 is 69.7 Å². The maximum absolute atomic E-state index is 13.7. The van der Waals surface area contributed by atoms with Crippen LogP contribution in [0.4, 0.5) is 0 Å². The first-order chi connectivity index (χ1) is 61.9. The van der Waals surface area contributed by atoms with Gasteiger partial charge < -0.3 is 34.3 Å². The van der Waals surface area contributed by atoms with Crippen LogP contribution in [0.5, 0.6) is 5.75 Å². The van der Waals surface area contributed by atoms with Gasteiger partial charge in [-0.2, -0.15) is 5.10 Å². The summed E-state index contributed by atoms with van der Waals surface area (Å²) in [4.78, 5) is 133. The smallest absolute Gasteiger partial charge is 0.274 e. The van der Waals surface area contributed by atoms with Crippen LogP contribution in [0.2, 0.25) is 0 Å². The Hall–Kier alpha value is -13.1. The summed E-state index contributed by atoms with van der Waals surface area (Å²) in [5.74, 6) is 1.19. The standard InChI is InChI=1S/C23H29NO3.C22H20N2O3.C21H24N2O3.C19H20N2O4.C16H18N4O3/c25-14-21(26)19-3-4-20-13-24(5-1-2-18(20)9-19)22(27)23-10-15-6-16(11-23)8-17(7-15)12-23;25-21(23-27)17-10-11-18-14-24(12-4-7-16(18)13-17)22(26)20-9-3-6-15-5-1-2-8-19(15)20;1-14-8-15(2)10-16(9-14)11-20(24)23-7-3-4-17-12-18(21(25)22-26)5-6-19(17)13-23;1-25-17-8-6-13(7-9-17)19(23)21-10-2-3-14-11-15(18(22)20-24)4-5-16(14)12-21;1-19-8-6-14(17-19)16(22)20-7-2-3-11-9-12(15(21)18-23)4-5-13(11)10-20/h3-4,9,15-17,25H,1-2,5-8,10-14H2;1-3,5-6,8-11,13,27H,4,7,12,14H2,(H,23,25);5-6,8-10,12,26H,3-4,7,11,13H2,1-2H3,(H,22,25);4-9,11,24H,2-3,10,12H2,1H3,(H,20,22);4-6,8-9,23H,2-3,7,10H2,1H3,(H,18,21). The summed E-state index contributed by atoms with van der Waals surface area (Å²) in [7, 11) is 3.37. The number of fused-ring (bicyclic) bond motifs is 6. The Labute approximate surface area is 743 Å². The zero-order valence-corrected chi connectivity index (χ0v) is 72.8. The molecular formula is C101H111N11O16. The van der Waals surface area contributed by atoms with E-state index in [4.69, 9.17) is 30.7 Å². The van der Waals surface area contributed by atoms with Gasteiger partial charge in [0, 0.05) is 118 Å². The van der Waals surface area contributed by atoms with Gasteiger partial charge in [-0.25, -0.2) is 21.9 Å². The fourth-order valence-corrected chi connectivity index (χ4v) is 20.1.